The van der Waals surface area contributed by atoms with Crippen LogP contribution in [0.1, 0.15) is 28.9 Å². The van der Waals surface area contributed by atoms with Crippen molar-refractivity contribution in [2.24, 2.45) is 5.92 Å². The van der Waals surface area contributed by atoms with E-state index in [0.717, 1.165) is 31.6 Å². The molecule has 9 nitrogen and oxygen atoms in total. The third-order valence-electron chi connectivity index (χ3n) is 5.54. The number of piperidine rings is 1. The quantitative estimate of drug-likeness (QED) is 0.529. The van der Waals surface area contributed by atoms with Crippen LogP contribution in [0, 0.1) is 5.92 Å². The number of carbonyl (C=O) groups is 1. The van der Waals surface area contributed by atoms with E-state index in [2.05, 4.69) is 26.3 Å². The molecule has 0 atom stereocenters. The molecule has 1 fully saturated rings. The van der Waals surface area contributed by atoms with E-state index >= 15 is 0 Å². The first-order valence-electron chi connectivity index (χ1n) is 10.1. The first-order valence-corrected chi connectivity index (χ1v) is 10.5. The number of nitrogens with zero attached hydrogens (tertiary/aromatic N) is 4. The van der Waals surface area contributed by atoms with Crippen molar-refractivity contribution >= 4 is 29.2 Å². The van der Waals surface area contributed by atoms with Gasteiger partial charge in [0, 0.05) is 18.2 Å². The number of Topliss-reactive ketones (excluding diaryl/α,β-unsaturated/α-hetero) is 1. The lowest BCUT2D eigenvalue weighted by Gasteiger charge is -2.32. The summed E-state index contributed by atoms with van der Waals surface area (Å²) in [5.74, 6) is 1.76. The lowest BCUT2D eigenvalue weighted by Crippen LogP contribution is -2.36. The summed E-state index contributed by atoms with van der Waals surface area (Å²) in [5, 5.41) is 3.41. The van der Waals surface area contributed by atoms with Crippen molar-refractivity contribution in [2.75, 3.05) is 44.5 Å². The van der Waals surface area contributed by atoms with Gasteiger partial charge in [0.1, 0.15) is 16.5 Å². The maximum absolute atomic E-state index is 13.2. The molecule has 2 aromatic rings. The minimum atomic E-state index is -0.143. The normalized spacial score (nSPS) is 18.2. The van der Waals surface area contributed by atoms with E-state index in [1.807, 2.05) is 4.90 Å². The maximum atomic E-state index is 13.2. The van der Waals surface area contributed by atoms with Gasteiger partial charge in [-0.2, -0.15) is 4.98 Å². The summed E-state index contributed by atoms with van der Waals surface area (Å²) in [6.45, 7) is 2.66. The van der Waals surface area contributed by atoms with Crippen LogP contribution in [-0.4, -0.2) is 54.6 Å². The van der Waals surface area contributed by atoms with Crippen LogP contribution in [0.25, 0.3) is 0 Å². The number of rotatable bonds is 5. The molecule has 4 heterocycles. The van der Waals surface area contributed by atoms with Crippen LogP contribution in [0.5, 0.6) is 11.5 Å². The lowest BCUT2D eigenvalue weighted by molar-refractivity contribution is 0.102. The molecule has 0 aromatic carbocycles. The van der Waals surface area contributed by atoms with E-state index in [9.17, 15) is 4.79 Å². The van der Waals surface area contributed by atoms with Gasteiger partial charge in [0.05, 0.1) is 32.7 Å². The molecule has 0 saturated carbocycles. The second kappa shape index (κ2) is 9.07. The van der Waals surface area contributed by atoms with Gasteiger partial charge in [0.25, 0.3) is 0 Å². The predicted octanol–water partition coefficient (Wildman–Crippen LogP) is 2.25. The van der Waals surface area contributed by atoms with Crippen LogP contribution >= 0.6 is 11.6 Å². The summed E-state index contributed by atoms with van der Waals surface area (Å²) in [4.78, 5) is 28.0. The van der Waals surface area contributed by atoms with E-state index in [-0.39, 0.29) is 22.4 Å². The molecule has 164 valence electrons. The first-order chi connectivity index (χ1) is 15.0. The third kappa shape index (κ3) is 4.42. The van der Waals surface area contributed by atoms with Crippen LogP contribution in [0.4, 0.5) is 11.8 Å². The molecule has 0 aliphatic carbocycles. The average molecular weight is 445 g/mol. The topological polar surface area (TPSA) is 115 Å². The van der Waals surface area contributed by atoms with Gasteiger partial charge >= 0.3 is 0 Å². The Morgan fingerprint density at radius 3 is 2.71 bits per heavy atom. The highest BCUT2D eigenvalue weighted by molar-refractivity contribution is 6.35. The highest BCUT2D eigenvalue weighted by Crippen LogP contribution is 2.35. The van der Waals surface area contributed by atoms with Crippen molar-refractivity contribution in [3.05, 3.63) is 40.3 Å². The molecular formula is C21H25ClN6O3. The largest absolute Gasteiger partial charge is 0.493 e. The molecule has 3 N–H and O–H groups in total. The zero-order chi connectivity index (χ0) is 22.0. The maximum Gasteiger partial charge on any atom is 0.223 e. The first kappa shape index (κ1) is 21.3. The Balaban J connectivity index is 1.71. The number of carbonyl (C=O) groups excluding carboxylic acids is 1. The van der Waals surface area contributed by atoms with Crippen molar-refractivity contribution < 1.29 is 14.3 Å². The van der Waals surface area contributed by atoms with E-state index in [4.69, 9.17) is 26.8 Å². The fourth-order valence-corrected chi connectivity index (χ4v) is 4.25. The Hall–Kier alpha value is -2.91. The molecule has 0 bridgehead atoms. The number of nitrogen functional groups attached to an aromatic ring is 1. The summed E-state index contributed by atoms with van der Waals surface area (Å²) in [5.41, 5.74) is 7.53. The molecule has 0 spiro atoms. The molecule has 31 heavy (non-hydrogen) atoms. The van der Waals surface area contributed by atoms with Crippen LogP contribution in [0.2, 0.25) is 5.15 Å². The highest BCUT2D eigenvalue weighted by Gasteiger charge is 2.33. The fourth-order valence-electron chi connectivity index (χ4n) is 3.99. The summed E-state index contributed by atoms with van der Waals surface area (Å²) in [6.07, 6.45) is 5.67. The van der Waals surface area contributed by atoms with Crippen LogP contribution in [0.3, 0.4) is 0 Å². The molecule has 0 unspecified atom stereocenters. The monoisotopic (exact) mass is 444 g/mol. The smallest absolute Gasteiger partial charge is 0.223 e. The Labute approximate surface area is 185 Å². The number of methoxy groups -OCH3 is 2. The second-order valence-corrected chi connectivity index (χ2v) is 7.92. The standard InChI is InChI=1S/C21H25ClN6O3/c1-30-15-8-14(25-9-16(15)31-2)11-28-10-13(7-12-3-5-24-6-4-12)18(29)17-19(22)26-21(23)27-20(17)28/h7-9,12,24H,3-6,10-11H2,1-2H3,(H2,23,26,27)/b13-7+. The lowest BCUT2D eigenvalue weighted by atomic mass is 9.91. The highest BCUT2D eigenvalue weighted by atomic mass is 35.5. The number of hydrogen-bond donors (Lipinski definition) is 2. The number of hydrogen-bond acceptors (Lipinski definition) is 9. The van der Waals surface area contributed by atoms with Crippen molar-refractivity contribution in [1.29, 1.82) is 0 Å². The molecule has 10 heteroatoms. The van der Waals surface area contributed by atoms with Gasteiger partial charge in [-0.15, -0.1) is 0 Å². The van der Waals surface area contributed by atoms with E-state index in [1.54, 1.807) is 26.5 Å². The number of anilines is 2. The van der Waals surface area contributed by atoms with Crippen molar-refractivity contribution in [3.8, 4) is 11.5 Å². The minimum absolute atomic E-state index is 0.0209. The Bertz CT molecular complexity index is 1020. The van der Waals surface area contributed by atoms with Crippen molar-refractivity contribution in [3.63, 3.8) is 0 Å². The van der Waals surface area contributed by atoms with Gasteiger partial charge in [-0.1, -0.05) is 17.7 Å². The van der Waals surface area contributed by atoms with Crippen LogP contribution < -0.4 is 25.4 Å². The van der Waals surface area contributed by atoms with Gasteiger partial charge in [0.15, 0.2) is 17.3 Å². The van der Waals surface area contributed by atoms with E-state index in [1.165, 1.54) is 0 Å². The second-order valence-electron chi connectivity index (χ2n) is 7.57. The zero-order valence-electron chi connectivity index (χ0n) is 17.5. The number of nitrogens with one attached hydrogen (secondary N) is 1. The summed E-state index contributed by atoms with van der Waals surface area (Å²) >= 11 is 6.34. The molecule has 1 saturated heterocycles. The number of allylic oxidation sites excluding steroid dienone is 1. The van der Waals surface area contributed by atoms with Gasteiger partial charge in [-0.25, -0.2) is 4.98 Å². The Kier molecular flexibility index (Phi) is 6.24. The van der Waals surface area contributed by atoms with Gasteiger partial charge in [-0.3, -0.25) is 9.78 Å². The molecule has 4 rings (SSSR count). The average Bonchev–Trinajstić information content (AvgIpc) is 2.77. The molecule has 2 aromatic heterocycles. The number of ether oxygens (including phenoxy) is 2. The summed E-state index contributed by atoms with van der Waals surface area (Å²) in [7, 11) is 3.13. The minimum Gasteiger partial charge on any atom is -0.493 e. The predicted molar refractivity (Wildman–Crippen MR) is 118 cm³/mol. The number of ketones is 1. The SMILES string of the molecule is COc1cnc(CN2C/C(=C\C3CCNCC3)C(=O)c3c(Cl)nc(N)nc32)cc1OC. The van der Waals surface area contributed by atoms with Crippen molar-refractivity contribution in [1.82, 2.24) is 20.3 Å². The van der Waals surface area contributed by atoms with Crippen LogP contribution in [0.15, 0.2) is 23.9 Å². The van der Waals surface area contributed by atoms with Crippen molar-refractivity contribution in [2.45, 2.75) is 19.4 Å². The Morgan fingerprint density at radius 1 is 1.26 bits per heavy atom. The number of aromatic nitrogens is 3. The third-order valence-corrected chi connectivity index (χ3v) is 5.82. The summed E-state index contributed by atoms with van der Waals surface area (Å²) < 4.78 is 10.7. The van der Waals surface area contributed by atoms with Gasteiger partial charge in [0.2, 0.25) is 5.95 Å². The van der Waals surface area contributed by atoms with E-state index in [0.29, 0.717) is 41.9 Å². The molecule has 0 radical (unpaired) electrons. The number of pyridine rings is 1. The fraction of sp³-hybridized carbons (Fsp3) is 0.429. The number of nitrogens with two attached hydrogens (primary N) is 1. The zero-order valence-corrected chi connectivity index (χ0v) is 18.3. The van der Waals surface area contributed by atoms with Crippen LogP contribution in [-0.2, 0) is 6.54 Å². The Morgan fingerprint density at radius 2 is 2.00 bits per heavy atom. The summed E-state index contributed by atoms with van der Waals surface area (Å²) in [6, 6.07) is 1.80. The van der Waals surface area contributed by atoms with Gasteiger partial charge in [-0.05, 0) is 31.8 Å². The number of halogens is 1. The van der Waals surface area contributed by atoms with Gasteiger partial charge < -0.3 is 25.4 Å². The molecule has 0 amide bonds. The molecular weight excluding hydrogens is 420 g/mol. The molecule has 2 aliphatic heterocycles. The number of fused-ring (bicyclic) bond motifs is 1. The molecule has 2 aliphatic rings. The van der Waals surface area contributed by atoms with E-state index < -0.39 is 0 Å².